The van der Waals surface area contributed by atoms with Crippen molar-refractivity contribution in [3.8, 4) is 10.6 Å². The van der Waals surface area contributed by atoms with Gasteiger partial charge in [-0.05, 0) is 13.3 Å². The number of carbonyl (C=O) groups is 1. The highest BCUT2D eigenvalue weighted by Gasteiger charge is 2.37. The Bertz CT molecular complexity index is 876. The SMILES string of the molecule is Cc1nc(-c2ccccc2)sc1C(=O)N([C@H]1CCS(=O)(=O)C1)N(C)C. The van der Waals surface area contributed by atoms with Gasteiger partial charge in [0.05, 0.1) is 23.2 Å². The van der Waals surface area contributed by atoms with Gasteiger partial charge in [0.2, 0.25) is 0 Å². The second kappa shape index (κ2) is 6.86. The largest absolute Gasteiger partial charge is 0.280 e. The predicted molar refractivity (Wildman–Crippen MR) is 99.2 cm³/mol. The van der Waals surface area contributed by atoms with Gasteiger partial charge < -0.3 is 0 Å². The Morgan fingerprint density at radius 2 is 1.92 bits per heavy atom. The zero-order chi connectivity index (χ0) is 18.2. The van der Waals surface area contributed by atoms with Crippen molar-refractivity contribution in [2.24, 2.45) is 0 Å². The van der Waals surface area contributed by atoms with E-state index in [1.54, 1.807) is 24.1 Å². The van der Waals surface area contributed by atoms with Crippen molar-refractivity contribution in [1.82, 2.24) is 15.0 Å². The first-order valence-electron chi connectivity index (χ1n) is 8.02. The summed E-state index contributed by atoms with van der Waals surface area (Å²) in [7, 11) is 0.452. The second-order valence-electron chi connectivity index (χ2n) is 6.35. The lowest BCUT2D eigenvalue weighted by molar-refractivity contribution is 0.00139. The van der Waals surface area contributed by atoms with Gasteiger partial charge in [-0.2, -0.15) is 0 Å². The molecule has 1 saturated heterocycles. The lowest BCUT2D eigenvalue weighted by atomic mass is 10.2. The molecule has 1 aliphatic heterocycles. The molecule has 1 atom stereocenters. The van der Waals surface area contributed by atoms with Crippen LogP contribution >= 0.6 is 11.3 Å². The number of carbonyl (C=O) groups excluding carboxylic acids is 1. The maximum Gasteiger partial charge on any atom is 0.280 e. The zero-order valence-electron chi connectivity index (χ0n) is 14.5. The summed E-state index contributed by atoms with van der Waals surface area (Å²) in [6.07, 6.45) is 0.468. The average molecular weight is 380 g/mol. The van der Waals surface area contributed by atoms with Crippen LogP contribution in [0.1, 0.15) is 21.8 Å². The number of thiazole rings is 1. The van der Waals surface area contributed by atoms with E-state index in [1.807, 2.05) is 37.3 Å². The minimum Gasteiger partial charge on any atom is -0.267 e. The van der Waals surface area contributed by atoms with E-state index in [1.165, 1.54) is 11.3 Å². The molecule has 134 valence electrons. The second-order valence-corrected chi connectivity index (χ2v) is 9.58. The van der Waals surface area contributed by atoms with Gasteiger partial charge in [-0.15, -0.1) is 11.3 Å². The lowest BCUT2D eigenvalue weighted by Gasteiger charge is -2.33. The summed E-state index contributed by atoms with van der Waals surface area (Å²) < 4.78 is 23.6. The van der Waals surface area contributed by atoms with Crippen molar-refractivity contribution in [2.75, 3.05) is 25.6 Å². The maximum atomic E-state index is 13.1. The molecule has 0 unspecified atom stereocenters. The van der Waals surface area contributed by atoms with E-state index in [9.17, 15) is 13.2 Å². The Labute approximate surface area is 152 Å². The molecule has 6 nitrogen and oxygen atoms in total. The molecule has 3 rings (SSSR count). The fourth-order valence-corrected chi connectivity index (χ4v) is 5.74. The third kappa shape index (κ3) is 3.75. The van der Waals surface area contributed by atoms with Crippen LogP contribution in [-0.2, 0) is 9.84 Å². The van der Waals surface area contributed by atoms with Crippen LogP contribution in [0.25, 0.3) is 10.6 Å². The van der Waals surface area contributed by atoms with Crippen LogP contribution in [0.5, 0.6) is 0 Å². The molecule has 1 aromatic heterocycles. The summed E-state index contributed by atoms with van der Waals surface area (Å²) in [6.45, 7) is 1.81. The summed E-state index contributed by atoms with van der Waals surface area (Å²) in [5.41, 5.74) is 1.64. The topological polar surface area (TPSA) is 70.6 Å². The monoisotopic (exact) mass is 379 g/mol. The molecule has 1 fully saturated rings. The van der Waals surface area contributed by atoms with Crippen LogP contribution in [0.3, 0.4) is 0 Å². The fourth-order valence-electron chi connectivity index (χ4n) is 3.05. The molecule has 0 aliphatic carbocycles. The molecule has 0 radical (unpaired) electrons. The van der Waals surface area contributed by atoms with Crippen molar-refractivity contribution in [3.05, 3.63) is 40.9 Å². The van der Waals surface area contributed by atoms with Crippen molar-refractivity contribution >= 4 is 27.1 Å². The number of benzene rings is 1. The molecule has 0 N–H and O–H groups in total. The molecule has 8 heteroatoms. The minimum atomic E-state index is -3.07. The van der Waals surface area contributed by atoms with Gasteiger partial charge >= 0.3 is 0 Å². The van der Waals surface area contributed by atoms with E-state index in [2.05, 4.69) is 4.98 Å². The standard InChI is InChI=1S/C17H21N3O3S2/c1-12-15(24-16(18-12)13-7-5-4-6-8-13)17(21)20(19(2)3)14-9-10-25(22,23)11-14/h4-8,14H,9-11H2,1-3H3/t14-/m0/s1. The van der Waals surface area contributed by atoms with Gasteiger partial charge in [-0.25, -0.2) is 18.4 Å². The molecule has 25 heavy (non-hydrogen) atoms. The van der Waals surface area contributed by atoms with Crippen LogP contribution in [-0.4, -0.2) is 61.0 Å². The third-order valence-corrected chi connectivity index (χ3v) is 7.15. The molecular formula is C17H21N3O3S2. The summed E-state index contributed by atoms with van der Waals surface area (Å²) in [6, 6.07) is 9.39. The van der Waals surface area contributed by atoms with Crippen LogP contribution in [0.4, 0.5) is 0 Å². The van der Waals surface area contributed by atoms with Gasteiger partial charge in [0.15, 0.2) is 9.84 Å². The van der Waals surface area contributed by atoms with Crippen molar-refractivity contribution in [3.63, 3.8) is 0 Å². The van der Waals surface area contributed by atoms with Crippen molar-refractivity contribution in [2.45, 2.75) is 19.4 Å². The lowest BCUT2D eigenvalue weighted by Crippen LogP contribution is -2.49. The van der Waals surface area contributed by atoms with Gasteiger partial charge in [-0.1, -0.05) is 30.3 Å². The van der Waals surface area contributed by atoms with E-state index in [4.69, 9.17) is 0 Å². The summed E-state index contributed by atoms with van der Waals surface area (Å²) in [5, 5.41) is 4.02. The normalized spacial score (nSPS) is 19.3. The van der Waals surface area contributed by atoms with Crippen LogP contribution in [0.15, 0.2) is 30.3 Å². The fraction of sp³-hybridized carbons (Fsp3) is 0.412. The molecule has 0 saturated carbocycles. The van der Waals surface area contributed by atoms with Crippen LogP contribution in [0.2, 0.25) is 0 Å². The Kier molecular flexibility index (Phi) is 4.95. The smallest absolute Gasteiger partial charge is 0.267 e. The third-order valence-electron chi connectivity index (χ3n) is 4.20. The average Bonchev–Trinajstić information content (AvgIpc) is 3.10. The predicted octanol–water partition coefficient (Wildman–Crippen LogP) is 2.22. The minimum absolute atomic E-state index is 0.0142. The van der Waals surface area contributed by atoms with E-state index in [0.29, 0.717) is 17.0 Å². The number of hydrogen-bond donors (Lipinski definition) is 0. The number of aromatic nitrogens is 1. The molecule has 1 aliphatic rings. The summed E-state index contributed by atoms with van der Waals surface area (Å²) in [4.78, 5) is 18.2. The van der Waals surface area contributed by atoms with Crippen molar-refractivity contribution in [1.29, 1.82) is 0 Å². The van der Waals surface area contributed by atoms with Gasteiger partial charge in [0.1, 0.15) is 9.88 Å². The summed E-state index contributed by atoms with van der Waals surface area (Å²) in [5.74, 6) is -0.0451. The van der Waals surface area contributed by atoms with E-state index >= 15 is 0 Å². The highest BCUT2D eigenvalue weighted by atomic mass is 32.2. The Balaban J connectivity index is 1.92. The highest BCUT2D eigenvalue weighted by molar-refractivity contribution is 7.91. The van der Waals surface area contributed by atoms with Crippen LogP contribution in [0, 0.1) is 6.92 Å². The molecule has 0 bridgehead atoms. The van der Waals surface area contributed by atoms with Gasteiger partial charge in [0, 0.05) is 19.7 Å². The number of nitrogens with zero attached hydrogens (tertiary/aromatic N) is 3. The molecule has 1 amide bonds. The molecule has 2 heterocycles. The summed E-state index contributed by atoms with van der Waals surface area (Å²) >= 11 is 1.35. The van der Waals surface area contributed by atoms with E-state index in [-0.39, 0.29) is 23.5 Å². The first kappa shape index (κ1) is 18.0. The Morgan fingerprint density at radius 3 is 2.48 bits per heavy atom. The molecule has 0 spiro atoms. The first-order chi connectivity index (χ1) is 11.8. The maximum absolute atomic E-state index is 13.1. The Morgan fingerprint density at radius 1 is 1.24 bits per heavy atom. The quantitative estimate of drug-likeness (QED) is 0.762. The van der Waals surface area contributed by atoms with E-state index < -0.39 is 9.84 Å². The number of hydrogen-bond acceptors (Lipinski definition) is 6. The molecule has 2 aromatic rings. The number of aryl methyl sites for hydroxylation is 1. The number of sulfone groups is 1. The van der Waals surface area contributed by atoms with Crippen molar-refractivity contribution < 1.29 is 13.2 Å². The number of hydrazine groups is 1. The Hall–Kier alpha value is -1.77. The first-order valence-corrected chi connectivity index (χ1v) is 10.7. The number of rotatable bonds is 4. The number of amides is 1. The molecular weight excluding hydrogens is 358 g/mol. The highest BCUT2D eigenvalue weighted by Crippen LogP contribution is 2.30. The zero-order valence-corrected chi connectivity index (χ0v) is 16.1. The van der Waals surface area contributed by atoms with E-state index in [0.717, 1.165) is 10.6 Å². The van der Waals surface area contributed by atoms with Gasteiger partial charge in [0.25, 0.3) is 5.91 Å². The van der Waals surface area contributed by atoms with Gasteiger partial charge in [-0.3, -0.25) is 9.80 Å². The van der Waals surface area contributed by atoms with Crippen LogP contribution < -0.4 is 0 Å². The molecule has 1 aromatic carbocycles.